The number of nitrogens with zero attached hydrogens (tertiary/aromatic N) is 2. The molecule has 1 aromatic heterocycles. The van der Waals surface area contributed by atoms with Crippen molar-refractivity contribution in [2.24, 2.45) is 11.7 Å². The maximum atomic E-state index is 14.3. The van der Waals surface area contributed by atoms with Crippen molar-refractivity contribution in [2.45, 2.75) is 31.7 Å². The molecule has 0 spiro atoms. The van der Waals surface area contributed by atoms with Crippen molar-refractivity contribution in [1.82, 2.24) is 9.97 Å². The number of aromatic nitrogens is 2. The molecule has 8 heteroatoms. The monoisotopic (exact) mass is 474 g/mol. The van der Waals surface area contributed by atoms with E-state index >= 15 is 0 Å². The van der Waals surface area contributed by atoms with Crippen LogP contribution in [0.5, 0.6) is 11.5 Å². The first kappa shape index (κ1) is 20.8. The van der Waals surface area contributed by atoms with Crippen LogP contribution in [0.4, 0.5) is 15.9 Å². The number of anilines is 2. The summed E-state index contributed by atoms with van der Waals surface area (Å²) in [6.45, 7) is 0.620. The molecule has 1 aliphatic carbocycles. The molecular formula is C22H24BrFN4O2. The van der Waals surface area contributed by atoms with Gasteiger partial charge < -0.3 is 20.5 Å². The maximum Gasteiger partial charge on any atom is 0.163 e. The number of rotatable bonds is 6. The Hall–Kier alpha value is -2.45. The Kier molecular flexibility index (Phi) is 6.34. The molecule has 0 saturated heterocycles. The van der Waals surface area contributed by atoms with Crippen molar-refractivity contribution in [3.05, 3.63) is 46.9 Å². The summed E-state index contributed by atoms with van der Waals surface area (Å²) >= 11 is 3.26. The summed E-state index contributed by atoms with van der Waals surface area (Å²) in [6, 6.07) is 8.79. The van der Waals surface area contributed by atoms with Crippen LogP contribution < -0.4 is 20.5 Å². The molecular weight excluding hydrogens is 451 g/mol. The molecule has 158 valence electrons. The van der Waals surface area contributed by atoms with Gasteiger partial charge in [-0.1, -0.05) is 15.9 Å². The molecule has 30 heavy (non-hydrogen) atoms. The zero-order valence-electron chi connectivity index (χ0n) is 16.7. The lowest BCUT2D eigenvalue weighted by Crippen LogP contribution is -2.28. The van der Waals surface area contributed by atoms with Gasteiger partial charge in [-0.25, -0.2) is 14.4 Å². The molecule has 3 aromatic rings. The van der Waals surface area contributed by atoms with E-state index in [1.54, 1.807) is 19.2 Å². The third-order valence-corrected chi connectivity index (χ3v) is 5.96. The van der Waals surface area contributed by atoms with Crippen molar-refractivity contribution in [1.29, 1.82) is 0 Å². The second-order valence-electron chi connectivity index (χ2n) is 7.58. The predicted octanol–water partition coefficient (Wildman–Crippen LogP) is 5.18. The number of fused-ring (bicyclic) bond motifs is 1. The predicted molar refractivity (Wildman–Crippen MR) is 119 cm³/mol. The Morgan fingerprint density at radius 1 is 1.13 bits per heavy atom. The largest absolute Gasteiger partial charge is 0.493 e. The molecule has 3 N–H and O–H groups in total. The quantitative estimate of drug-likeness (QED) is 0.512. The average molecular weight is 475 g/mol. The highest BCUT2D eigenvalue weighted by Crippen LogP contribution is 2.36. The van der Waals surface area contributed by atoms with E-state index in [0.717, 1.165) is 25.7 Å². The van der Waals surface area contributed by atoms with Crippen LogP contribution in [0, 0.1) is 11.7 Å². The Bertz CT molecular complexity index is 1040. The van der Waals surface area contributed by atoms with E-state index in [4.69, 9.17) is 15.2 Å². The second kappa shape index (κ2) is 9.14. The van der Waals surface area contributed by atoms with Crippen molar-refractivity contribution in [3.63, 3.8) is 0 Å². The van der Waals surface area contributed by atoms with Gasteiger partial charge in [-0.15, -0.1) is 0 Å². The Balaban J connectivity index is 1.58. The highest BCUT2D eigenvalue weighted by atomic mass is 79.9. The van der Waals surface area contributed by atoms with Crippen LogP contribution in [-0.4, -0.2) is 29.7 Å². The van der Waals surface area contributed by atoms with E-state index in [2.05, 4.69) is 31.2 Å². The van der Waals surface area contributed by atoms with Crippen LogP contribution in [0.15, 0.2) is 41.1 Å². The van der Waals surface area contributed by atoms with E-state index in [9.17, 15) is 4.39 Å². The third kappa shape index (κ3) is 4.65. The fourth-order valence-electron chi connectivity index (χ4n) is 3.72. The first-order chi connectivity index (χ1) is 14.5. The number of ether oxygens (including phenoxy) is 2. The normalized spacial score (nSPS) is 18.9. The molecule has 2 aromatic carbocycles. The Morgan fingerprint density at radius 3 is 2.67 bits per heavy atom. The van der Waals surface area contributed by atoms with Crippen molar-refractivity contribution in [2.75, 3.05) is 19.0 Å². The number of nitrogens with two attached hydrogens (primary N) is 1. The highest BCUT2D eigenvalue weighted by Gasteiger charge is 2.20. The standard InChI is InChI=1S/C22H24BrFN4O2/c1-29-20-9-16-19(10-21(20)30-11-13-2-5-15(25)6-3-13)26-12-27-22(16)28-18-7-4-14(23)8-17(18)24/h4,7-10,12-13,15H,2-3,5-6,11,25H2,1H3,(H,26,27,28). The first-order valence-electron chi connectivity index (χ1n) is 9.96. The summed E-state index contributed by atoms with van der Waals surface area (Å²) in [6.07, 6.45) is 5.67. The zero-order valence-corrected chi connectivity index (χ0v) is 18.3. The summed E-state index contributed by atoms with van der Waals surface area (Å²) in [7, 11) is 1.60. The summed E-state index contributed by atoms with van der Waals surface area (Å²) in [4.78, 5) is 8.64. The molecule has 6 nitrogen and oxygen atoms in total. The van der Waals surface area contributed by atoms with E-state index in [0.29, 0.717) is 56.9 Å². The number of halogens is 2. The zero-order chi connectivity index (χ0) is 21.1. The third-order valence-electron chi connectivity index (χ3n) is 5.47. The molecule has 0 bridgehead atoms. The van der Waals surface area contributed by atoms with Gasteiger partial charge in [0.05, 0.1) is 24.9 Å². The van der Waals surface area contributed by atoms with Crippen LogP contribution in [0.2, 0.25) is 0 Å². The lowest BCUT2D eigenvalue weighted by molar-refractivity contribution is 0.195. The minimum Gasteiger partial charge on any atom is -0.493 e. The van der Waals surface area contributed by atoms with Gasteiger partial charge in [-0.2, -0.15) is 0 Å². The minimum atomic E-state index is -0.379. The first-order valence-corrected chi connectivity index (χ1v) is 10.8. The summed E-state index contributed by atoms with van der Waals surface area (Å²) < 4.78 is 26.6. The van der Waals surface area contributed by atoms with Gasteiger partial charge >= 0.3 is 0 Å². The SMILES string of the molecule is COc1cc2c(Nc3ccc(Br)cc3F)ncnc2cc1OCC1CCC(N)CC1. The van der Waals surface area contributed by atoms with E-state index in [1.807, 2.05) is 12.1 Å². The number of methoxy groups -OCH3 is 1. The van der Waals surface area contributed by atoms with Gasteiger partial charge in [0.15, 0.2) is 11.5 Å². The van der Waals surface area contributed by atoms with Crippen molar-refractivity contribution >= 4 is 38.3 Å². The fourth-order valence-corrected chi connectivity index (χ4v) is 4.05. The molecule has 1 aliphatic rings. The molecule has 1 heterocycles. The van der Waals surface area contributed by atoms with Gasteiger partial charge in [0, 0.05) is 22.0 Å². The molecule has 1 saturated carbocycles. The number of hydrogen-bond acceptors (Lipinski definition) is 6. The van der Waals surface area contributed by atoms with E-state index < -0.39 is 0 Å². The van der Waals surface area contributed by atoms with Crippen molar-refractivity contribution < 1.29 is 13.9 Å². The Morgan fingerprint density at radius 2 is 1.93 bits per heavy atom. The lowest BCUT2D eigenvalue weighted by atomic mass is 9.87. The number of nitrogens with one attached hydrogen (secondary N) is 1. The molecule has 0 aliphatic heterocycles. The smallest absolute Gasteiger partial charge is 0.163 e. The van der Waals surface area contributed by atoms with Gasteiger partial charge in [0.25, 0.3) is 0 Å². The van der Waals surface area contributed by atoms with Gasteiger partial charge in [-0.3, -0.25) is 0 Å². The van der Waals surface area contributed by atoms with E-state index in [-0.39, 0.29) is 5.82 Å². The number of benzene rings is 2. The lowest BCUT2D eigenvalue weighted by Gasteiger charge is -2.26. The molecule has 0 amide bonds. The maximum absolute atomic E-state index is 14.3. The molecule has 1 fully saturated rings. The summed E-state index contributed by atoms with van der Waals surface area (Å²) in [5.41, 5.74) is 7.00. The average Bonchev–Trinajstić information content (AvgIpc) is 2.75. The van der Waals surface area contributed by atoms with E-state index in [1.165, 1.54) is 12.4 Å². The molecule has 4 rings (SSSR count). The van der Waals surface area contributed by atoms with Crippen LogP contribution in [0.3, 0.4) is 0 Å². The van der Waals surface area contributed by atoms with Gasteiger partial charge in [0.2, 0.25) is 0 Å². The molecule has 0 unspecified atom stereocenters. The number of hydrogen-bond donors (Lipinski definition) is 2. The van der Waals surface area contributed by atoms with Crippen LogP contribution in [0.25, 0.3) is 10.9 Å². The van der Waals surface area contributed by atoms with Gasteiger partial charge in [0.1, 0.15) is 18.0 Å². The van der Waals surface area contributed by atoms with Gasteiger partial charge in [-0.05, 0) is 55.9 Å². The molecule has 0 radical (unpaired) electrons. The summed E-state index contributed by atoms with van der Waals surface area (Å²) in [5.74, 6) is 1.83. The molecule has 0 atom stereocenters. The second-order valence-corrected chi connectivity index (χ2v) is 8.50. The van der Waals surface area contributed by atoms with Crippen molar-refractivity contribution in [3.8, 4) is 11.5 Å². The topological polar surface area (TPSA) is 82.3 Å². The Labute approximate surface area is 183 Å². The minimum absolute atomic E-state index is 0.314. The van der Waals surface area contributed by atoms with Crippen LogP contribution >= 0.6 is 15.9 Å². The van der Waals surface area contributed by atoms with Crippen LogP contribution in [-0.2, 0) is 0 Å². The highest BCUT2D eigenvalue weighted by molar-refractivity contribution is 9.10. The summed E-state index contributed by atoms with van der Waals surface area (Å²) in [5, 5.41) is 3.76. The fraction of sp³-hybridized carbons (Fsp3) is 0.364. The van der Waals surface area contributed by atoms with Crippen LogP contribution in [0.1, 0.15) is 25.7 Å².